The average molecular weight is 338 g/mol. The van der Waals surface area contributed by atoms with Crippen molar-refractivity contribution in [1.82, 2.24) is 5.32 Å². The lowest BCUT2D eigenvalue weighted by atomic mass is 9.70. The Kier molecular flexibility index (Phi) is 3.82. The summed E-state index contributed by atoms with van der Waals surface area (Å²) in [7, 11) is 0. The highest BCUT2D eigenvalue weighted by atomic mass is 35.5. The number of nitrogens with one attached hydrogen (secondary N) is 1. The van der Waals surface area contributed by atoms with Gasteiger partial charge in [0.15, 0.2) is 5.78 Å². The zero-order chi connectivity index (χ0) is 16.1. The molecule has 1 aliphatic heterocycles. The second-order valence-electron chi connectivity index (χ2n) is 6.80. The number of carbonyl (C=O) groups is 2. The van der Waals surface area contributed by atoms with Crippen LogP contribution in [-0.4, -0.2) is 11.7 Å². The number of allylic oxidation sites excluding steroid dienone is 2. The number of halogens is 2. The number of rotatable bonds is 1. The van der Waals surface area contributed by atoms with Gasteiger partial charge in [0, 0.05) is 40.1 Å². The van der Waals surface area contributed by atoms with E-state index in [1.165, 1.54) is 0 Å². The van der Waals surface area contributed by atoms with Crippen LogP contribution in [-0.2, 0) is 9.59 Å². The molecule has 1 N–H and O–H groups in total. The number of ketones is 1. The number of hydrogen-bond acceptors (Lipinski definition) is 2. The molecule has 0 spiro atoms. The summed E-state index contributed by atoms with van der Waals surface area (Å²) < 4.78 is 0. The first-order valence-corrected chi connectivity index (χ1v) is 8.03. The first-order valence-electron chi connectivity index (χ1n) is 7.28. The third-order valence-corrected chi connectivity index (χ3v) is 4.85. The van der Waals surface area contributed by atoms with Crippen molar-refractivity contribution in [2.45, 2.75) is 39.0 Å². The molecule has 3 rings (SSSR count). The maximum absolute atomic E-state index is 12.6. The quantitative estimate of drug-likeness (QED) is 0.832. The van der Waals surface area contributed by atoms with E-state index in [1.54, 1.807) is 12.1 Å². The molecule has 1 aliphatic carbocycles. The van der Waals surface area contributed by atoms with E-state index >= 15 is 0 Å². The molecule has 1 aromatic carbocycles. The van der Waals surface area contributed by atoms with Crippen molar-refractivity contribution in [3.05, 3.63) is 45.1 Å². The summed E-state index contributed by atoms with van der Waals surface area (Å²) in [4.78, 5) is 24.7. The molecule has 1 heterocycles. The third-order valence-electron chi connectivity index (χ3n) is 4.29. The van der Waals surface area contributed by atoms with E-state index in [-0.39, 0.29) is 29.4 Å². The predicted octanol–water partition coefficient (Wildman–Crippen LogP) is 4.24. The minimum atomic E-state index is -0.280. The van der Waals surface area contributed by atoms with E-state index in [0.29, 0.717) is 28.5 Å². The highest BCUT2D eigenvalue weighted by Crippen LogP contribution is 2.45. The van der Waals surface area contributed by atoms with Crippen LogP contribution in [0.5, 0.6) is 0 Å². The summed E-state index contributed by atoms with van der Waals surface area (Å²) in [6.07, 6.45) is 1.43. The number of hydrogen-bond donors (Lipinski definition) is 1. The highest BCUT2D eigenvalue weighted by molar-refractivity contribution is 6.35. The average Bonchev–Trinajstić information content (AvgIpc) is 2.35. The van der Waals surface area contributed by atoms with Crippen LogP contribution in [0.15, 0.2) is 29.5 Å². The van der Waals surface area contributed by atoms with Gasteiger partial charge in [0.25, 0.3) is 0 Å². The van der Waals surface area contributed by atoms with E-state index in [2.05, 4.69) is 5.32 Å². The number of benzene rings is 1. The number of carbonyl (C=O) groups excluding carboxylic acids is 2. The van der Waals surface area contributed by atoms with Gasteiger partial charge in [-0.2, -0.15) is 0 Å². The SMILES string of the molecule is CC1(C)CC(=O)C2=C(C1)NC(=O)CC2c1ccc(Cl)cc1Cl. The second-order valence-corrected chi connectivity index (χ2v) is 7.65. The molecule has 0 fully saturated rings. The molecule has 3 nitrogen and oxygen atoms in total. The van der Waals surface area contributed by atoms with Crippen LogP contribution in [0.4, 0.5) is 0 Å². The Morgan fingerprint density at radius 1 is 1.18 bits per heavy atom. The third kappa shape index (κ3) is 2.80. The van der Waals surface area contributed by atoms with E-state index in [4.69, 9.17) is 23.2 Å². The lowest BCUT2D eigenvalue weighted by molar-refractivity contribution is -0.122. The molecular weight excluding hydrogens is 321 g/mol. The van der Waals surface area contributed by atoms with Crippen LogP contribution in [0.2, 0.25) is 10.0 Å². The molecule has 0 aromatic heterocycles. The van der Waals surface area contributed by atoms with Gasteiger partial charge in [0.05, 0.1) is 0 Å². The van der Waals surface area contributed by atoms with E-state index < -0.39 is 0 Å². The normalized spacial score (nSPS) is 24.1. The first kappa shape index (κ1) is 15.6. The van der Waals surface area contributed by atoms with Gasteiger partial charge in [0.1, 0.15) is 0 Å². The van der Waals surface area contributed by atoms with Crippen molar-refractivity contribution in [3.8, 4) is 0 Å². The van der Waals surface area contributed by atoms with Crippen molar-refractivity contribution >= 4 is 34.9 Å². The fraction of sp³-hybridized carbons (Fsp3) is 0.412. The topological polar surface area (TPSA) is 46.2 Å². The maximum atomic E-state index is 12.6. The van der Waals surface area contributed by atoms with Crippen LogP contribution in [0.25, 0.3) is 0 Å². The van der Waals surface area contributed by atoms with Gasteiger partial charge in [0.2, 0.25) is 5.91 Å². The molecule has 1 atom stereocenters. The van der Waals surface area contributed by atoms with Crippen molar-refractivity contribution < 1.29 is 9.59 Å². The van der Waals surface area contributed by atoms with Crippen LogP contribution in [0.3, 0.4) is 0 Å². The second kappa shape index (κ2) is 5.39. The Morgan fingerprint density at radius 2 is 1.91 bits per heavy atom. The van der Waals surface area contributed by atoms with E-state index in [0.717, 1.165) is 11.3 Å². The van der Waals surface area contributed by atoms with Gasteiger partial charge in [-0.25, -0.2) is 0 Å². The molecule has 2 aliphatic rings. The minimum absolute atomic E-state index is 0.0692. The maximum Gasteiger partial charge on any atom is 0.225 e. The van der Waals surface area contributed by atoms with Crippen molar-refractivity contribution in [3.63, 3.8) is 0 Å². The molecule has 5 heteroatoms. The summed E-state index contributed by atoms with van der Waals surface area (Å²) in [5.74, 6) is -0.250. The smallest absolute Gasteiger partial charge is 0.225 e. The fourth-order valence-corrected chi connectivity index (χ4v) is 3.95. The molecule has 1 aromatic rings. The van der Waals surface area contributed by atoms with Gasteiger partial charge in [-0.15, -0.1) is 0 Å². The Hall–Kier alpha value is -1.32. The Labute approximate surface area is 139 Å². The molecule has 116 valence electrons. The zero-order valence-corrected chi connectivity index (χ0v) is 14.0. The molecule has 22 heavy (non-hydrogen) atoms. The minimum Gasteiger partial charge on any atom is -0.329 e. The van der Waals surface area contributed by atoms with Crippen molar-refractivity contribution in [1.29, 1.82) is 0 Å². The number of amides is 1. The molecule has 0 radical (unpaired) electrons. The first-order chi connectivity index (χ1) is 10.3. The molecule has 1 amide bonds. The molecule has 0 bridgehead atoms. The van der Waals surface area contributed by atoms with Gasteiger partial charge in [-0.05, 0) is 29.5 Å². The molecule has 1 unspecified atom stereocenters. The van der Waals surface area contributed by atoms with Crippen LogP contribution in [0, 0.1) is 5.41 Å². The van der Waals surface area contributed by atoms with Crippen LogP contribution < -0.4 is 5.32 Å². The summed E-state index contributed by atoms with van der Waals surface area (Å²) in [5, 5.41) is 3.92. The lowest BCUT2D eigenvalue weighted by Gasteiger charge is -2.38. The van der Waals surface area contributed by atoms with Crippen molar-refractivity contribution in [2.24, 2.45) is 5.41 Å². The van der Waals surface area contributed by atoms with Gasteiger partial charge < -0.3 is 5.32 Å². The van der Waals surface area contributed by atoms with Crippen LogP contribution >= 0.6 is 23.2 Å². The van der Waals surface area contributed by atoms with Crippen LogP contribution in [0.1, 0.15) is 44.6 Å². The predicted molar refractivity (Wildman–Crippen MR) is 87.0 cm³/mol. The standard InChI is InChI=1S/C17H17Cl2NO2/c1-17(2)7-13-16(14(21)8-17)11(6-15(22)20-13)10-4-3-9(18)5-12(10)19/h3-5,11H,6-8H2,1-2H3,(H,20,22). The monoisotopic (exact) mass is 337 g/mol. The van der Waals surface area contributed by atoms with E-state index in [9.17, 15) is 9.59 Å². The zero-order valence-electron chi connectivity index (χ0n) is 12.5. The number of Topliss-reactive ketones (excluding diaryl/α,β-unsaturated/α-hetero) is 1. The van der Waals surface area contributed by atoms with E-state index in [1.807, 2.05) is 19.9 Å². The highest BCUT2D eigenvalue weighted by Gasteiger charge is 2.40. The largest absolute Gasteiger partial charge is 0.329 e. The molecule has 0 saturated heterocycles. The van der Waals surface area contributed by atoms with Gasteiger partial charge in [-0.3, -0.25) is 9.59 Å². The van der Waals surface area contributed by atoms with Gasteiger partial charge in [-0.1, -0.05) is 43.1 Å². The Balaban J connectivity index is 2.11. The summed E-state index contributed by atoms with van der Waals surface area (Å²) in [6, 6.07) is 5.21. The Bertz CT molecular complexity index is 707. The van der Waals surface area contributed by atoms with Gasteiger partial charge >= 0.3 is 0 Å². The molecule has 0 saturated carbocycles. The Morgan fingerprint density at radius 3 is 2.59 bits per heavy atom. The molecular formula is C17H17Cl2NO2. The lowest BCUT2D eigenvalue weighted by Crippen LogP contribution is -2.40. The fourth-order valence-electron chi connectivity index (χ4n) is 3.41. The summed E-state index contributed by atoms with van der Waals surface area (Å²) >= 11 is 12.2. The van der Waals surface area contributed by atoms with Crippen molar-refractivity contribution in [2.75, 3.05) is 0 Å². The summed E-state index contributed by atoms with van der Waals surface area (Å²) in [6.45, 7) is 4.08. The summed E-state index contributed by atoms with van der Waals surface area (Å²) in [5.41, 5.74) is 2.13.